The van der Waals surface area contributed by atoms with Gasteiger partial charge in [0, 0.05) is 11.8 Å². The molecule has 0 spiro atoms. The maximum Gasteiger partial charge on any atom is 0.339 e. The van der Waals surface area contributed by atoms with Gasteiger partial charge in [0.2, 0.25) is 0 Å². The van der Waals surface area contributed by atoms with Crippen molar-refractivity contribution in [3.05, 3.63) is 53.8 Å². The minimum absolute atomic E-state index is 0.197. The van der Waals surface area contributed by atoms with Crippen LogP contribution in [-0.4, -0.2) is 21.3 Å². The molecule has 114 valence electrons. The lowest BCUT2D eigenvalue weighted by molar-refractivity contribution is 0.0694. The number of carbonyl (C=O) groups is 1. The molecule has 0 unspecified atom stereocenters. The van der Waals surface area contributed by atoms with Gasteiger partial charge in [-0.15, -0.1) is 0 Å². The van der Waals surface area contributed by atoms with Crippen molar-refractivity contribution >= 4 is 34.7 Å². The third-order valence-corrected chi connectivity index (χ3v) is 2.85. The zero-order valence-electron chi connectivity index (χ0n) is 11.1. The summed E-state index contributed by atoms with van der Waals surface area (Å²) in [4.78, 5) is 10.8. The van der Waals surface area contributed by atoms with Crippen LogP contribution in [0.15, 0.2) is 42.5 Å². The fourth-order valence-corrected chi connectivity index (χ4v) is 1.78. The molecule has 0 bridgehead atoms. The fourth-order valence-electron chi connectivity index (χ4n) is 1.61. The maximum absolute atomic E-state index is 12.8. The maximum atomic E-state index is 12.8. The number of phenols is 1. The van der Waals surface area contributed by atoms with Gasteiger partial charge in [-0.05, 0) is 48.6 Å². The van der Waals surface area contributed by atoms with Crippen LogP contribution in [0.5, 0.6) is 5.75 Å². The van der Waals surface area contributed by atoms with Gasteiger partial charge in [-0.25, -0.2) is 9.18 Å². The summed E-state index contributed by atoms with van der Waals surface area (Å²) in [5, 5.41) is 21.4. The van der Waals surface area contributed by atoms with E-state index in [4.69, 9.17) is 17.3 Å². The van der Waals surface area contributed by atoms with Gasteiger partial charge >= 0.3 is 5.97 Å². The van der Waals surface area contributed by atoms with Crippen LogP contribution in [0.3, 0.4) is 0 Å². The lowest BCUT2D eigenvalue weighted by Crippen LogP contribution is -2.33. The first-order valence-corrected chi connectivity index (χ1v) is 6.51. The molecule has 2 aromatic rings. The van der Waals surface area contributed by atoms with Crippen molar-refractivity contribution < 1.29 is 19.4 Å². The number of carboxylic acids is 1. The summed E-state index contributed by atoms with van der Waals surface area (Å²) < 4.78 is 12.8. The molecule has 2 rings (SSSR count). The number of benzene rings is 2. The van der Waals surface area contributed by atoms with Crippen molar-refractivity contribution in [1.29, 1.82) is 0 Å². The third kappa shape index (κ3) is 4.06. The molecule has 0 aliphatic carbocycles. The van der Waals surface area contributed by atoms with E-state index in [0.29, 0.717) is 11.4 Å². The predicted molar refractivity (Wildman–Crippen MR) is 84.4 cm³/mol. The number of nitrogens with one attached hydrogen (secondary N) is 3. The Hall–Kier alpha value is -2.87. The summed E-state index contributed by atoms with van der Waals surface area (Å²) in [5.74, 6) is -1.93. The average molecular weight is 321 g/mol. The summed E-state index contributed by atoms with van der Waals surface area (Å²) in [6, 6.07) is 9.61. The summed E-state index contributed by atoms with van der Waals surface area (Å²) in [6.07, 6.45) is 0. The van der Waals surface area contributed by atoms with Crippen LogP contribution in [0.1, 0.15) is 10.4 Å². The van der Waals surface area contributed by atoms with Crippen LogP contribution >= 0.6 is 12.2 Å². The van der Waals surface area contributed by atoms with Gasteiger partial charge in [0.15, 0.2) is 5.11 Å². The van der Waals surface area contributed by atoms with Gasteiger partial charge in [0.1, 0.15) is 17.1 Å². The minimum atomic E-state index is -1.22. The average Bonchev–Trinajstić information content (AvgIpc) is 2.47. The Kier molecular flexibility index (Phi) is 4.74. The van der Waals surface area contributed by atoms with Crippen molar-refractivity contribution in [1.82, 2.24) is 5.43 Å². The number of rotatable bonds is 4. The summed E-state index contributed by atoms with van der Waals surface area (Å²) >= 11 is 5.03. The number of hydrogen-bond acceptors (Lipinski definition) is 4. The molecule has 0 heterocycles. The quantitative estimate of drug-likeness (QED) is 0.436. The Morgan fingerprint density at radius 1 is 1.09 bits per heavy atom. The molecule has 6 nitrogen and oxygen atoms in total. The van der Waals surface area contributed by atoms with Crippen molar-refractivity contribution in [2.75, 3.05) is 10.7 Å². The van der Waals surface area contributed by atoms with E-state index in [2.05, 4.69) is 16.2 Å². The zero-order valence-corrected chi connectivity index (χ0v) is 11.9. The number of anilines is 2. The molecule has 0 radical (unpaired) electrons. The van der Waals surface area contributed by atoms with Gasteiger partial charge in [-0.1, -0.05) is 0 Å². The Morgan fingerprint density at radius 2 is 1.73 bits per heavy atom. The first-order chi connectivity index (χ1) is 10.5. The molecule has 8 heteroatoms. The normalized spacial score (nSPS) is 9.86. The Balaban J connectivity index is 1.92. The topological polar surface area (TPSA) is 93.6 Å². The Bertz CT molecular complexity index is 707. The van der Waals surface area contributed by atoms with Crippen molar-refractivity contribution in [2.45, 2.75) is 0 Å². The molecular weight excluding hydrogens is 309 g/mol. The molecular formula is C14H12FN3O3S. The third-order valence-electron chi connectivity index (χ3n) is 2.65. The van der Waals surface area contributed by atoms with Crippen LogP contribution in [0.25, 0.3) is 0 Å². The SMILES string of the molecule is O=C(O)c1ccc(NNC(=S)Nc2ccc(F)cc2)cc1O. The largest absolute Gasteiger partial charge is 0.507 e. The molecule has 0 amide bonds. The molecule has 0 fully saturated rings. The molecule has 0 saturated heterocycles. The van der Waals surface area contributed by atoms with E-state index in [0.717, 1.165) is 0 Å². The molecule has 2 aromatic carbocycles. The first-order valence-electron chi connectivity index (χ1n) is 6.10. The molecule has 0 atom stereocenters. The highest BCUT2D eigenvalue weighted by molar-refractivity contribution is 7.80. The highest BCUT2D eigenvalue weighted by Gasteiger charge is 2.09. The summed E-state index contributed by atoms with van der Waals surface area (Å²) in [7, 11) is 0. The predicted octanol–water partition coefficient (Wildman–Crippen LogP) is 2.54. The van der Waals surface area contributed by atoms with Gasteiger partial charge in [0.25, 0.3) is 0 Å². The second-order valence-electron chi connectivity index (χ2n) is 4.25. The molecule has 0 aliphatic heterocycles. The number of thiocarbonyl (C=S) groups is 1. The van der Waals surface area contributed by atoms with E-state index >= 15 is 0 Å². The fraction of sp³-hybridized carbons (Fsp3) is 0. The van der Waals surface area contributed by atoms with E-state index < -0.39 is 5.97 Å². The number of aromatic carboxylic acids is 1. The van der Waals surface area contributed by atoms with Gasteiger partial charge in [0.05, 0.1) is 5.69 Å². The number of aromatic hydroxyl groups is 1. The van der Waals surface area contributed by atoms with Crippen molar-refractivity contribution in [3.8, 4) is 5.75 Å². The second-order valence-corrected chi connectivity index (χ2v) is 4.66. The first kappa shape index (κ1) is 15.5. The highest BCUT2D eigenvalue weighted by atomic mass is 32.1. The van der Waals surface area contributed by atoms with Crippen LogP contribution < -0.4 is 16.2 Å². The second kappa shape index (κ2) is 6.72. The minimum Gasteiger partial charge on any atom is -0.507 e. The van der Waals surface area contributed by atoms with Crippen LogP contribution in [-0.2, 0) is 0 Å². The van der Waals surface area contributed by atoms with Gasteiger partial charge in [-0.2, -0.15) is 0 Å². The molecule has 0 aromatic heterocycles. The molecule has 0 aliphatic rings. The van der Waals surface area contributed by atoms with Gasteiger partial charge in [-0.3, -0.25) is 10.9 Å². The van der Waals surface area contributed by atoms with E-state index in [1.165, 1.54) is 42.5 Å². The molecule has 0 saturated carbocycles. The Labute approximate surface area is 130 Å². The van der Waals surface area contributed by atoms with Crippen molar-refractivity contribution in [2.24, 2.45) is 0 Å². The molecule has 22 heavy (non-hydrogen) atoms. The zero-order chi connectivity index (χ0) is 16.1. The monoisotopic (exact) mass is 321 g/mol. The van der Waals surface area contributed by atoms with Gasteiger partial charge < -0.3 is 15.5 Å². The Morgan fingerprint density at radius 3 is 2.32 bits per heavy atom. The number of halogens is 1. The van der Waals surface area contributed by atoms with E-state index in [-0.39, 0.29) is 22.2 Å². The standard InChI is InChI=1S/C14H12FN3O3S/c15-8-1-3-9(4-2-8)16-14(22)18-17-10-5-6-11(13(20)21)12(19)7-10/h1-7,17,19H,(H,20,21)(H2,16,18,22). The highest BCUT2D eigenvalue weighted by Crippen LogP contribution is 2.21. The summed E-state index contributed by atoms with van der Waals surface area (Å²) in [5.41, 5.74) is 6.19. The smallest absolute Gasteiger partial charge is 0.339 e. The summed E-state index contributed by atoms with van der Waals surface area (Å²) in [6.45, 7) is 0. The van der Waals surface area contributed by atoms with E-state index in [9.17, 15) is 14.3 Å². The van der Waals surface area contributed by atoms with E-state index in [1.54, 1.807) is 0 Å². The number of hydrazine groups is 1. The molecule has 5 N–H and O–H groups in total. The number of carboxylic acid groups (broad SMARTS) is 1. The van der Waals surface area contributed by atoms with Crippen LogP contribution in [0, 0.1) is 5.82 Å². The number of hydrogen-bond donors (Lipinski definition) is 5. The van der Waals surface area contributed by atoms with E-state index in [1.807, 2.05) is 0 Å². The van der Waals surface area contributed by atoms with Crippen molar-refractivity contribution in [3.63, 3.8) is 0 Å². The lowest BCUT2D eigenvalue weighted by atomic mass is 10.2. The van der Waals surface area contributed by atoms with Crippen LogP contribution in [0.2, 0.25) is 0 Å². The lowest BCUT2D eigenvalue weighted by Gasteiger charge is -2.13. The van der Waals surface area contributed by atoms with Crippen LogP contribution in [0.4, 0.5) is 15.8 Å².